The molecule has 1 unspecified atom stereocenters. The summed E-state index contributed by atoms with van der Waals surface area (Å²) >= 11 is 0. The molecule has 2 N–H and O–H groups in total. The third-order valence-corrected chi connectivity index (χ3v) is 2.06. The predicted octanol–water partition coefficient (Wildman–Crippen LogP) is 1.93. The van der Waals surface area contributed by atoms with Gasteiger partial charge in [-0.2, -0.15) is 0 Å². The van der Waals surface area contributed by atoms with Crippen LogP contribution < -0.4 is 5.32 Å². The third kappa shape index (κ3) is 6.62. The van der Waals surface area contributed by atoms with Crippen molar-refractivity contribution in [3.63, 3.8) is 0 Å². The molecule has 0 aliphatic heterocycles. The Morgan fingerprint density at radius 1 is 1.17 bits per heavy atom. The van der Waals surface area contributed by atoms with E-state index < -0.39 is 0 Å². The molecule has 0 saturated carbocycles. The molecule has 0 aliphatic carbocycles. The quantitative estimate of drug-likeness (QED) is 0.550. The average molecular weight is 173 g/mol. The van der Waals surface area contributed by atoms with E-state index in [1.807, 2.05) is 0 Å². The normalized spacial score (nSPS) is 13.2. The van der Waals surface area contributed by atoms with Gasteiger partial charge in [-0.1, -0.05) is 33.1 Å². The van der Waals surface area contributed by atoms with Crippen molar-refractivity contribution in [1.82, 2.24) is 5.32 Å². The molecular formula is C10H23NO. The van der Waals surface area contributed by atoms with Gasteiger partial charge in [0.1, 0.15) is 0 Å². The van der Waals surface area contributed by atoms with Crippen molar-refractivity contribution in [2.45, 2.75) is 52.0 Å². The first-order valence-electron chi connectivity index (χ1n) is 5.19. The first-order chi connectivity index (χ1) is 5.85. The van der Waals surface area contributed by atoms with Crippen LogP contribution in [0.3, 0.4) is 0 Å². The Hall–Kier alpha value is -0.0800. The highest BCUT2D eigenvalue weighted by atomic mass is 16.3. The summed E-state index contributed by atoms with van der Waals surface area (Å²) in [7, 11) is 0. The van der Waals surface area contributed by atoms with E-state index in [9.17, 15) is 0 Å². The van der Waals surface area contributed by atoms with E-state index >= 15 is 0 Å². The van der Waals surface area contributed by atoms with E-state index in [2.05, 4.69) is 19.2 Å². The number of aliphatic hydroxyl groups is 1. The van der Waals surface area contributed by atoms with E-state index in [1.165, 1.54) is 19.3 Å². The average Bonchev–Trinajstić information content (AvgIpc) is 2.11. The molecule has 0 rings (SSSR count). The number of hydrogen-bond acceptors (Lipinski definition) is 2. The number of nitrogens with one attached hydrogen (secondary N) is 1. The molecule has 2 nitrogen and oxygen atoms in total. The van der Waals surface area contributed by atoms with Gasteiger partial charge in [0.15, 0.2) is 0 Å². The highest BCUT2D eigenvalue weighted by molar-refractivity contribution is 4.64. The minimum absolute atomic E-state index is 0.281. The van der Waals surface area contributed by atoms with Crippen LogP contribution in [0.1, 0.15) is 46.0 Å². The summed E-state index contributed by atoms with van der Waals surface area (Å²) in [4.78, 5) is 0. The first kappa shape index (κ1) is 11.9. The van der Waals surface area contributed by atoms with Crippen LogP contribution in [0.15, 0.2) is 0 Å². The smallest absolute Gasteiger partial charge is 0.0584 e. The summed E-state index contributed by atoms with van der Waals surface area (Å²) in [5.74, 6) is 0. The summed E-state index contributed by atoms with van der Waals surface area (Å²) in [6, 6.07) is 0.330. The van der Waals surface area contributed by atoms with Crippen LogP contribution in [0.5, 0.6) is 0 Å². The molecule has 0 aromatic heterocycles. The molecule has 0 aliphatic rings. The number of unbranched alkanes of at least 4 members (excludes halogenated alkanes) is 2. The SMILES string of the molecule is CCCCCC(CO)NCCC. The summed E-state index contributed by atoms with van der Waals surface area (Å²) in [5, 5.41) is 12.3. The second-order valence-electron chi connectivity index (χ2n) is 3.33. The van der Waals surface area contributed by atoms with Gasteiger partial charge in [0, 0.05) is 6.04 Å². The predicted molar refractivity (Wildman–Crippen MR) is 53.3 cm³/mol. The minimum Gasteiger partial charge on any atom is -0.395 e. The molecule has 0 spiro atoms. The van der Waals surface area contributed by atoms with Crippen molar-refractivity contribution >= 4 is 0 Å². The third-order valence-electron chi connectivity index (χ3n) is 2.06. The zero-order valence-corrected chi connectivity index (χ0v) is 8.47. The van der Waals surface area contributed by atoms with Crippen LogP contribution in [0, 0.1) is 0 Å². The van der Waals surface area contributed by atoms with Gasteiger partial charge in [-0.15, -0.1) is 0 Å². The van der Waals surface area contributed by atoms with E-state index in [0.29, 0.717) is 6.04 Å². The lowest BCUT2D eigenvalue weighted by Gasteiger charge is -2.14. The Kier molecular flexibility index (Phi) is 8.95. The Morgan fingerprint density at radius 2 is 1.92 bits per heavy atom. The van der Waals surface area contributed by atoms with Gasteiger partial charge < -0.3 is 10.4 Å². The topological polar surface area (TPSA) is 32.3 Å². The molecule has 0 saturated heterocycles. The van der Waals surface area contributed by atoms with Gasteiger partial charge in [0.2, 0.25) is 0 Å². The molecule has 0 bridgehead atoms. The molecule has 1 atom stereocenters. The Bertz CT molecular complexity index is 85.9. The van der Waals surface area contributed by atoms with Crippen LogP contribution in [-0.2, 0) is 0 Å². The van der Waals surface area contributed by atoms with Gasteiger partial charge in [-0.25, -0.2) is 0 Å². The molecule has 0 radical (unpaired) electrons. The summed E-state index contributed by atoms with van der Waals surface area (Å²) < 4.78 is 0. The number of aliphatic hydroxyl groups excluding tert-OH is 1. The standard InChI is InChI=1S/C10H23NO/c1-3-5-6-7-10(9-12)11-8-4-2/h10-12H,3-9H2,1-2H3. The van der Waals surface area contributed by atoms with Crippen molar-refractivity contribution in [1.29, 1.82) is 0 Å². The highest BCUT2D eigenvalue weighted by Crippen LogP contribution is 2.02. The lowest BCUT2D eigenvalue weighted by Crippen LogP contribution is -2.32. The van der Waals surface area contributed by atoms with Crippen LogP contribution in [0.2, 0.25) is 0 Å². The maximum absolute atomic E-state index is 8.99. The molecule has 0 heterocycles. The fourth-order valence-corrected chi connectivity index (χ4v) is 1.25. The Morgan fingerprint density at radius 3 is 2.42 bits per heavy atom. The monoisotopic (exact) mass is 173 g/mol. The summed E-state index contributed by atoms with van der Waals surface area (Å²) in [6.07, 6.45) is 6.03. The van der Waals surface area contributed by atoms with E-state index in [0.717, 1.165) is 19.4 Å². The van der Waals surface area contributed by atoms with E-state index in [4.69, 9.17) is 5.11 Å². The molecule has 2 heteroatoms. The molecule has 12 heavy (non-hydrogen) atoms. The van der Waals surface area contributed by atoms with Gasteiger partial charge in [0.05, 0.1) is 6.61 Å². The Labute approximate surface area is 76.4 Å². The van der Waals surface area contributed by atoms with Crippen molar-refractivity contribution in [2.24, 2.45) is 0 Å². The zero-order valence-electron chi connectivity index (χ0n) is 8.47. The molecule has 74 valence electrons. The van der Waals surface area contributed by atoms with Crippen LogP contribution in [0.4, 0.5) is 0 Å². The lowest BCUT2D eigenvalue weighted by atomic mass is 10.1. The molecular weight excluding hydrogens is 150 g/mol. The fourth-order valence-electron chi connectivity index (χ4n) is 1.25. The summed E-state index contributed by atoms with van der Waals surface area (Å²) in [6.45, 7) is 5.65. The van der Waals surface area contributed by atoms with Crippen molar-refractivity contribution in [2.75, 3.05) is 13.2 Å². The molecule has 0 aromatic carbocycles. The van der Waals surface area contributed by atoms with Crippen LogP contribution in [0.25, 0.3) is 0 Å². The first-order valence-corrected chi connectivity index (χ1v) is 5.19. The Balaban J connectivity index is 3.26. The number of rotatable bonds is 8. The second kappa shape index (κ2) is 9.01. The molecule has 0 amide bonds. The van der Waals surface area contributed by atoms with Gasteiger partial charge in [-0.05, 0) is 19.4 Å². The van der Waals surface area contributed by atoms with Crippen LogP contribution in [-0.4, -0.2) is 24.3 Å². The maximum Gasteiger partial charge on any atom is 0.0584 e. The van der Waals surface area contributed by atoms with Gasteiger partial charge >= 0.3 is 0 Å². The van der Waals surface area contributed by atoms with Crippen molar-refractivity contribution in [3.8, 4) is 0 Å². The molecule has 0 aromatic rings. The van der Waals surface area contributed by atoms with Gasteiger partial charge in [0.25, 0.3) is 0 Å². The zero-order chi connectivity index (χ0) is 9.23. The van der Waals surface area contributed by atoms with Crippen molar-refractivity contribution in [3.05, 3.63) is 0 Å². The summed E-state index contributed by atoms with van der Waals surface area (Å²) in [5.41, 5.74) is 0. The fraction of sp³-hybridized carbons (Fsp3) is 1.00. The maximum atomic E-state index is 8.99. The van der Waals surface area contributed by atoms with Crippen molar-refractivity contribution < 1.29 is 5.11 Å². The van der Waals surface area contributed by atoms with E-state index in [1.54, 1.807) is 0 Å². The van der Waals surface area contributed by atoms with Gasteiger partial charge in [-0.3, -0.25) is 0 Å². The second-order valence-corrected chi connectivity index (χ2v) is 3.33. The molecule has 0 fully saturated rings. The lowest BCUT2D eigenvalue weighted by molar-refractivity contribution is 0.233. The number of hydrogen-bond donors (Lipinski definition) is 2. The van der Waals surface area contributed by atoms with Crippen LogP contribution >= 0.6 is 0 Å². The minimum atomic E-state index is 0.281. The van der Waals surface area contributed by atoms with E-state index in [-0.39, 0.29) is 6.61 Å². The highest BCUT2D eigenvalue weighted by Gasteiger charge is 2.03. The largest absolute Gasteiger partial charge is 0.395 e.